The maximum atomic E-state index is 13.1. The number of ether oxygens (including phenoxy) is 1. The summed E-state index contributed by atoms with van der Waals surface area (Å²) in [6.45, 7) is 2.57. The number of nitrogens with one attached hydrogen (secondary N) is 2. The lowest BCUT2D eigenvalue weighted by Crippen LogP contribution is -2.62. The van der Waals surface area contributed by atoms with Gasteiger partial charge in [0.15, 0.2) is 5.69 Å². The summed E-state index contributed by atoms with van der Waals surface area (Å²) in [6.07, 6.45) is 0.588. The third-order valence-corrected chi connectivity index (χ3v) is 6.39. The van der Waals surface area contributed by atoms with E-state index in [4.69, 9.17) is 4.74 Å². The minimum absolute atomic E-state index is 0.135. The van der Waals surface area contributed by atoms with E-state index in [-0.39, 0.29) is 35.7 Å². The average molecular weight is 476 g/mol. The number of hydrogen-bond donors (Lipinski definition) is 2. The van der Waals surface area contributed by atoms with Gasteiger partial charge >= 0.3 is 0 Å². The molecule has 1 aliphatic rings. The molecule has 0 bridgehead atoms. The van der Waals surface area contributed by atoms with Crippen LogP contribution in [-0.2, 0) is 24.3 Å². The molecular weight excluding hydrogens is 446 g/mol. The van der Waals surface area contributed by atoms with Crippen LogP contribution in [0.5, 0.6) is 5.75 Å². The monoisotopic (exact) mass is 475 g/mol. The number of fused-ring (bicyclic) bond motifs is 1. The first-order valence-corrected chi connectivity index (χ1v) is 11.4. The van der Waals surface area contributed by atoms with Gasteiger partial charge in [-0.15, -0.1) is 0 Å². The number of benzene rings is 2. The molecule has 0 unspecified atom stereocenters. The van der Waals surface area contributed by atoms with E-state index in [1.165, 1.54) is 15.6 Å². The minimum Gasteiger partial charge on any atom is -0.496 e. The van der Waals surface area contributed by atoms with Crippen molar-refractivity contribution in [3.05, 3.63) is 83.2 Å². The van der Waals surface area contributed by atoms with Gasteiger partial charge in [0.2, 0.25) is 5.91 Å². The number of rotatable bonds is 8. The van der Waals surface area contributed by atoms with Crippen LogP contribution in [0.25, 0.3) is 0 Å². The van der Waals surface area contributed by atoms with E-state index in [0.29, 0.717) is 19.5 Å². The Morgan fingerprint density at radius 3 is 2.54 bits per heavy atom. The zero-order valence-electron chi connectivity index (χ0n) is 20.1. The van der Waals surface area contributed by atoms with E-state index in [0.717, 1.165) is 16.9 Å². The largest absolute Gasteiger partial charge is 0.496 e. The molecule has 0 spiro atoms. The summed E-state index contributed by atoms with van der Waals surface area (Å²) in [5, 5.41) is 10.1. The van der Waals surface area contributed by atoms with E-state index < -0.39 is 5.54 Å². The van der Waals surface area contributed by atoms with E-state index in [1.807, 2.05) is 54.6 Å². The predicted octanol–water partition coefficient (Wildman–Crippen LogP) is 2.02. The SMILES string of the molecule is COc1ccccc1CCNC(=O)c1cc2n(n1)C[C@](C)(C(=O)NCc1ccccc1)N(C)C2=O. The molecule has 1 aliphatic heterocycles. The van der Waals surface area contributed by atoms with E-state index >= 15 is 0 Å². The smallest absolute Gasteiger partial charge is 0.272 e. The molecule has 3 aromatic rings. The van der Waals surface area contributed by atoms with Crippen molar-refractivity contribution in [3.63, 3.8) is 0 Å². The number of methoxy groups -OCH3 is 1. The molecule has 0 aliphatic carbocycles. The van der Waals surface area contributed by atoms with Crippen molar-refractivity contribution < 1.29 is 19.1 Å². The van der Waals surface area contributed by atoms with Crippen LogP contribution >= 0.6 is 0 Å². The zero-order valence-corrected chi connectivity index (χ0v) is 20.1. The Kier molecular flexibility index (Phi) is 6.86. The van der Waals surface area contributed by atoms with Crippen molar-refractivity contribution in [2.45, 2.75) is 32.0 Å². The molecule has 182 valence electrons. The highest BCUT2D eigenvalue weighted by Crippen LogP contribution is 2.26. The van der Waals surface area contributed by atoms with Crippen molar-refractivity contribution in [3.8, 4) is 5.75 Å². The van der Waals surface area contributed by atoms with Crippen LogP contribution in [0.1, 0.15) is 39.0 Å². The van der Waals surface area contributed by atoms with Crippen molar-refractivity contribution >= 4 is 17.7 Å². The van der Waals surface area contributed by atoms with Crippen LogP contribution in [-0.4, -0.2) is 58.6 Å². The summed E-state index contributed by atoms with van der Waals surface area (Å²) in [7, 11) is 3.20. The Balaban J connectivity index is 1.42. The van der Waals surface area contributed by atoms with Gasteiger partial charge in [-0.1, -0.05) is 48.5 Å². The van der Waals surface area contributed by atoms with Crippen LogP contribution in [0, 0.1) is 0 Å². The average Bonchev–Trinajstić information content (AvgIpc) is 3.30. The van der Waals surface area contributed by atoms with Crippen molar-refractivity contribution in [2.24, 2.45) is 0 Å². The molecule has 0 fully saturated rings. The van der Waals surface area contributed by atoms with E-state index in [2.05, 4.69) is 15.7 Å². The lowest BCUT2D eigenvalue weighted by Gasteiger charge is -2.40. The highest BCUT2D eigenvalue weighted by molar-refractivity contribution is 6.01. The maximum Gasteiger partial charge on any atom is 0.272 e. The highest BCUT2D eigenvalue weighted by atomic mass is 16.5. The van der Waals surface area contributed by atoms with Gasteiger partial charge in [0.05, 0.1) is 13.7 Å². The van der Waals surface area contributed by atoms with Crippen LogP contribution in [0.15, 0.2) is 60.7 Å². The molecule has 35 heavy (non-hydrogen) atoms. The first-order valence-electron chi connectivity index (χ1n) is 11.4. The minimum atomic E-state index is -1.15. The second-order valence-corrected chi connectivity index (χ2v) is 8.70. The van der Waals surface area contributed by atoms with Gasteiger partial charge in [-0.2, -0.15) is 5.10 Å². The summed E-state index contributed by atoms with van der Waals surface area (Å²) < 4.78 is 6.79. The molecule has 2 aromatic carbocycles. The molecule has 2 N–H and O–H groups in total. The molecule has 9 nitrogen and oxygen atoms in total. The van der Waals surface area contributed by atoms with Crippen molar-refractivity contribution in [2.75, 3.05) is 20.7 Å². The maximum absolute atomic E-state index is 13.1. The Morgan fingerprint density at radius 2 is 1.80 bits per heavy atom. The second-order valence-electron chi connectivity index (χ2n) is 8.70. The zero-order chi connectivity index (χ0) is 25.0. The molecule has 0 saturated heterocycles. The number of aromatic nitrogens is 2. The fourth-order valence-corrected chi connectivity index (χ4v) is 4.12. The second kappa shape index (κ2) is 10.0. The van der Waals surface area contributed by atoms with Crippen LogP contribution in [0.2, 0.25) is 0 Å². The summed E-state index contributed by atoms with van der Waals surface area (Å²) in [6, 6.07) is 18.6. The molecule has 4 rings (SSSR count). The number of amides is 3. The predicted molar refractivity (Wildman–Crippen MR) is 130 cm³/mol. The number of likely N-dealkylation sites (N-methyl/N-ethyl adjacent to an activating group) is 1. The Hall–Kier alpha value is -4.14. The number of nitrogens with zero attached hydrogens (tertiary/aromatic N) is 3. The molecule has 2 heterocycles. The molecular formula is C26H29N5O4. The van der Waals surface area contributed by atoms with Crippen molar-refractivity contribution in [1.29, 1.82) is 0 Å². The van der Waals surface area contributed by atoms with Gasteiger partial charge in [0.1, 0.15) is 17.0 Å². The van der Waals surface area contributed by atoms with Crippen molar-refractivity contribution in [1.82, 2.24) is 25.3 Å². The van der Waals surface area contributed by atoms with E-state index in [1.54, 1.807) is 21.1 Å². The molecule has 3 amide bonds. The normalized spacial score (nSPS) is 17.0. The van der Waals surface area contributed by atoms with Crippen LogP contribution in [0.4, 0.5) is 0 Å². The van der Waals surface area contributed by atoms with Gasteiger partial charge in [0, 0.05) is 26.2 Å². The highest BCUT2D eigenvalue weighted by Gasteiger charge is 2.46. The molecule has 0 radical (unpaired) electrons. The molecule has 0 saturated carbocycles. The number of hydrogen-bond acceptors (Lipinski definition) is 5. The first-order chi connectivity index (χ1) is 16.8. The lowest BCUT2D eigenvalue weighted by atomic mass is 9.96. The lowest BCUT2D eigenvalue weighted by molar-refractivity contribution is -0.132. The number of carbonyl (C=O) groups excluding carboxylic acids is 3. The number of carbonyl (C=O) groups is 3. The molecule has 1 atom stereocenters. The molecule has 1 aromatic heterocycles. The third kappa shape index (κ3) is 4.89. The van der Waals surface area contributed by atoms with Crippen LogP contribution < -0.4 is 15.4 Å². The van der Waals surface area contributed by atoms with Crippen LogP contribution in [0.3, 0.4) is 0 Å². The van der Waals surface area contributed by atoms with Gasteiger partial charge in [-0.3, -0.25) is 19.1 Å². The van der Waals surface area contributed by atoms with E-state index in [9.17, 15) is 14.4 Å². The standard InChI is InChI=1S/C26H29N5O4/c1-26(25(34)28-16-18-9-5-4-6-10-18)17-31-21(24(33)30(26)2)15-20(29-31)23(32)27-14-13-19-11-7-8-12-22(19)35-3/h4-12,15H,13-14,16-17H2,1-3H3,(H,27,32)(H,28,34)/t26-/m1/s1. The Bertz CT molecular complexity index is 1240. The van der Waals surface area contributed by atoms with Gasteiger partial charge < -0.3 is 20.3 Å². The number of para-hydroxylation sites is 1. The summed E-state index contributed by atoms with van der Waals surface area (Å²) in [5.74, 6) is -0.277. The third-order valence-electron chi connectivity index (χ3n) is 6.39. The summed E-state index contributed by atoms with van der Waals surface area (Å²) in [5.41, 5.74) is 1.20. The van der Waals surface area contributed by atoms with Gasteiger partial charge in [-0.25, -0.2) is 0 Å². The summed E-state index contributed by atoms with van der Waals surface area (Å²) in [4.78, 5) is 40.3. The topological polar surface area (TPSA) is 106 Å². The fourth-order valence-electron chi connectivity index (χ4n) is 4.12. The van der Waals surface area contributed by atoms with Gasteiger partial charge in [0.25, 0.3) is 11.8 Å². The Morgan fingerprint density at radius 1 is 1.09 bits per heavy atom. The molecule has 9 heteroatoms. The summed E-state index contributed by atoms with van der Waals surface area (Å²) >= 11 is 0. The fraction of sp³-hybridized carbons (Fsp3) is 0.308. The van der Waals surface area contributed by atoms with Gasteiger partial charge in [-0.05, 0) is 30.5 Å². The quantitative estimate of drug-likeness (QED) is 0.519. The first kappa shape index (κ1) is 24.0. The Labute approximate surface area is 204 Å².